The molecule has 0 bridgehead atoms. The minimum atomic E-state index is -0.436. The summed E-state index contributed by atoms with van der Waals surface area (Å²) in [7, 11) is 1.80. The Morgan fingerprint density at radius 2 is 1.80 bits per heavy atom. The monoisotopic (exact) mass is 443 g/mol. The Morgan fingerprint density at radius 3 is 2.40 bits per heavy atom. The summed E-state index contributed by atoms with van der Waals surface area (Å²) in [5.41, 5.74) is 3.21. The van der Waals surface area contributed by atoms with E-state index in [1.807, 2.05) is 19.1 Å². The number of rotatable bonds is 5. The summed E-state index contributed by atoms with van der Waals surface area (Å²) in [6.45, 7) is 3.89. The number of hydrogen-bond acceptors (Lipinski definition) is 4. The van der Waals surface area contributed by atoms with Crippen LogP contribution >= 0.6 is 23.8 Å². The lowest BCUT2D eigenvalue weighted by molar-refractivity contribution is -0.139. The van der Waals surface area contributed by atoms with Crippen LogP contribution in [0.2, 0.25) is 5.02 Å². The van der Waals surface area contributed by atoms with Crippen molar-refractivity contribution in [1.29, 1.82) is 0 Å². The van der Waals surface area contributed by atoms with Crippen LogP contribution in [0.1, 0.15) is 35.8 Å². The first-order chi connectivity index (χ1) is 14.3. The van der Waals surface area contributed by atoms with Crippen molar-refractivity contribution in [3.63, 3.8) is 0 Å². The molecular weight excluding hydrogens is 422 g/mol. The zero-order valence-corrected chi connectivity index (χ0v) is 18.4. The molecule has 1 atom stereocenters. The quantitative estimate of drug-likeness (QED) is 0.530. The van der Waals surface area contributed by atoms with Crippen LogP contribution in [0.25, 0.3) is 0 Å². The van der Waals surface area contributed by atoms with Crippen molar-refractivity contribution < 1.29 is 14.3 Å². The second-order valence-electron chi connectivity index (χ2n) is 6.74. The number of hydrogen-bond donors (Lipinski definition) is 2. The summed E-state index contributed by atoms with van der Waals surface area (Å²) in [6, 6.07) is 13.5. The zero-order chi connectivity index (χ0) is 21.8. The van der Waals surface area contributed by atoms with Crippen molar-refractivity contribution in [3.8, 4) is 0 Å². The van der Waals surface area contributed by atoms with E-state index in [0.717, 1.165) is 11.3 Å². The molecule has 156 valence electrons. The van der Waals surface area contributed by atoms with E-state index in [9.17, 15) is 9.59 Å². The Balaban J connectivity index is 1.83. The van der Waals surface area contributed by atoms with Gasteiger partial charge in [0, 0.05) is 29.0 Å². The standard InChI is InChI=1S/C22H22ClN3O3S/c1-4-29-21(28)18-13(2)26(3)22(30)25-19(18)14-7-11-17(12-8-14)24-20(27)15-5-9-16(23)10-6-15/h5-12,19H,4H2,1-3H3,(H,24,27)(H,25,30). The molecule has 1 unspecified atom stereocenters. The van der Waals surface area contributed by atoms with E-state index in [0.29, 0.717) is 27.0 Å². The van der Waals surface area contributed by atoms with E-state index in [2.05, 4.69) is 10.6 Å². The van der Waals surface area contributed by atoms with E-state index in [-0.39, 0.29) is 18.5 Å². The molecule has 0 saturated carbocycles. The molecule has 2 N–H and O–H groups in total. The van der Waals surface area contributed by atoms with Crippen LogP contribution in [0, 0.1) is 0 Å². The summed E-state index contributed by atoms with van der Waals surface area (Å²) in [5, 5.41) is 7.13. The second kappa shape index (κ2) is 9.28. The molecule has 1 aliphatic heterocycles. The van der Waals surface area contributed by atoms with Gasteiger partial charge >= 0.3 is 5.97 Å². The van der Waals surface area contributed by atoms with E-state index in [1.165, 1.54) is 0 Å². The topological polar surface area (TPSA) is 70.7 Å². The molecule has 1 heterocycles. The van der Waals surface area contributed by atoms with Crippen LogP contribution in [0.4, 0.5) is 5.69 Å². The largest absolute Gasteiger partial charge is 0.463 e. The summed E-state index contributed by atoms with van der Waals surface area (Å²) in [4.78, 5) is 26.7. The number of anilines is 1. The lowest BCUT2D eigenvalue weighted by atomic mass is 9.95. The minimum Gasteiger partial charge on any atom is -0.463 e. The maximum Gasteiger partial charge on any atom is 0.338 e. The van der Waals surface area contributed by atoms with E-state index in [4.69, 9.17) is 28.6 Å². The van der Waals surface area contributed by atoms with Gasteiger partial charge in [-0.05, 0) is 68.0 Å². The Labute approximate surface area is 185 Å². The van der Waals surface area contributed by atoms with E-state index >= 15 is 0 Å². The predicted molar refractivity (Wildman–Crippen MR) is 121 cm³/mol. The summed E-state index contributed by atoms with van der Waals surface area (Å²) < 4.78 is 5.25. The highest BCUT2D eigenvalue weighted by Gasteiger charge is 2.33. The molecule has 0 radical (unpaired) electrons. The molecule has 0 fully saturated rings. The average molecular weight is 444 g/mol. The number of thiocarbonyl (C=S) groups is 1. The van der Waals surface area contributed by atoms with Gasteiger partial charge in [0.25, 0.3) is 5.91 Å². The number of allylic oxidation sites excluding steroid dienone is 1. The fourth-order valence-corrected chi connectivity index (χ4v) is 3.50. The molecule has 1 amide bonds. The lowest BCUT2D eigenvalue weighted by Crippen LogP contribution is -2.46. The number of ether oxygens (including phenoxy) is 1. The van der Waals surface area contributed by atoms with Crippen LogP contribution in [-0.2, 0) is 9.53 Å². The SMILES string of the molecule is CCOC(=O)C1=C(C)N(C)C(=S)NC1c1ccc(NC(=O)c2ccc(Cl)cc2)cc1. The van der Waals surface area contributed by atoms with Gasteiger partial charge in [0.15, 0.2) is 5.11 Å². The normalized spacial score (nSPS) is 16.2. The highest BCUT2D eigenvalue weighted by atomic mass is 35.5. The van der Waals surface area contributed by atoms with Crippen molar-refractivity contribution in [2.75, 3.05) is 19.0 Å². The molecule has 30 heavy (non-hydrogen) atoms. The maximum atomic E-state index is 12.6. The molecule has 6 nitrogen and oxygen atoms in total. The van der Waals surface area contributed by atoms with Gasteiger partial charge in [-0.3, -0.25) is 4.79 Å². The average Bonchev–Trinajstić information content (AvgIpc) is 2.73. The molecule has 0 aliphatic carbocycles. The summed E-state index contributed by atoms with van der Waals surface area (Å²) >= 11 is 11.3. The number of halogens is 1. The van der Waals surface area contributed by atoms with Gasteiger partial charge in [0.1, 0.15) is 0 Å². The Morgan fingerprint density at radius 1 is 1.17 bits per heavy atom. The van der Waals surface area contributed by atoms with Gasteiger partial charge in [-0.1, -0.05) is 23.7 Å². The highest BCUT2D eigenvalue weighted by molar-refractivity contribution is 7.80. The molecule has 8 heteroatoms. The molecule has 3 rings (SSSR count). The molecule has 2 aromatic rings. The second-order valence-corrected chi connectivity index (χ2v) is 7.57. The number of benzene rings is 2. The van der Waals surface area contributed by atoms with Gasteiger partial charge in [-0.25, -0.2) is 4.79 Å². The lowest BCUT2D eigenvalue weighted by Gasteiger charge is -2.35. The fourth-order valence-electron chi connectivity index (χ4n) is 3.12. The first-order valence-corrected chi connectivity index (χ1v) is 10.2. The zero-order valence-electron chi connectivity index (χ0n) is 16.9. The number of nitrogens with one attached hydrogen (secondary N) is 2. The first-order valence-electron chi connectivity index (χ1n) is 9.40. The van der Waals surface area contributed by atoms with Gasteiger partial charge in [-0.2, -0.15) is 0 Å². The van der Waals surface area contributed by atoms with Gasteiger partial charge < -0.3 is 20.3 Å². The molecule has 2 aromatic carbocycles. The summed E-state index contributed by atoms with van der Waals surface area (Å²) in [6.07, 6.45) is 0. The van der Waals surface area contributed by atoms with Crippen LogP contribution in [0.15, 0.2) is 59.8 Å². The van der Waals surface area contributed by atoms with E-state index in [1.54, 1.807) is 55.3 Å². The number of nitrogens with zero attached hydrogens (tertiary/aromatic N) is 1. The molecule has 0 saturated heterocycles. The molecule has 0 aromatic heterocycles. The van der Waals surface area contributed by atoms with Gasteiger partial charge in [0.05, 0.1) is 18.2 Å². The van der Waals surface area contributed by atoms with Crippen molar-refractivity contribution in [1.82, 2.24) is 10.2 Å². The molecule has 1 aliphatic rings. The third-order valence-corrected chi connectivity index (χ3v) is 5.50. The van der Waals surface area contributed by atoms with E-state index < -0.39 is 6.04 Å². The number of carbonyl (C=O) groups excluding carboxylic acids is 2. The minimum absolute atomic E-state index is 0.235. The third kappa shape index (κ3) is 4.63. The van der Waals surface area contributed by atoms with Crippen molar-refractivity contribution >= 4 is 46.5 Å². The number of amides is 1. The molecule has 0 spiro atoms. The summed E-state index contributed by atoms with van der Waals surface area (Å²) in [5.74, 6) is -0.622. The van der Waals surface area contributed by atoms with Crippen molar-refractivity contribution in [2.45, 2.75) is 19.9 Å². The number of esters is 1. The van der Waals surface area contributed by atoms with Crippen LogP contribution < -0.4 is 10.6 Å². The maximum absolute atomic E-state index is 12.6. The number of carbonyl (C=O) groups is 2. The highest BCUT2D eigenvalue weighted by Crippen LogP contribution is 2.31. The van der Waals surface area contributed by atoms with Crippen molar-refractivity contribution in [2.24, 2.45) is 0 Å². The van der Waals surface area contributed by atoms with Crippen LogP contribution in [0.5, 0.6) is 0 Å². The Bertz CT molecular complexity index is 1000. The third-order valence-electron chi connectivity index (χ3n) is 4.86. The molecular formula is C22H22ClN3O3S. The van der Waals surface area contributed by atoms with Crippen LogP contribution in [-0.4, -0.2) is 35.5 Å². The predicted octanol–water partition coefficient (Wildman–Crippen LogP) is 4.29. The van der Waals surface area contributed by atoms with Gasteiger partial charge in [-0.15, -0.1) is 0 Å². The smallest absolute Gasteiger partial charge is 0.338 e. The Hall–Kier alpha value is -2.90. The van der Waals surface area contributed by atoms with Crippen molar-refractivity contribution in [3.05, 3.63) is 76.0 Å². The van der Waals surface area contributed by atoms with Gasteiger partial charge in [0.2, 0.25) is 0 Å². The van der Waals surface area contributed by atoms with Crippen LogP contribution in [0.3, 0.4) is 0 Å². The first kappa shape index (κ1) is 21.8. The fraction of sp³-hybridized carbons (Fsp3) is 0.227. The Kier molecular flexibility index (Phi) is 6.74.